The summed E-state index contributed by atoms with van der Waals surface area (Å²) in [5, 5.41) is 11.0. The third-order valence-corrected chi connectivity index (χ3v) is 6.38. The summed E-state index contributed by atoms with van der Waals surface area (Å²) in [4.78, 5) is 10.4. The van der Waals surface area contributed by atoms with Gasteiger partial charge < -0.3 is 0 Å². The number of rotatable bonds is 6. The molecule has 0 radical (unpaired) electrons. The van der Waals surface area contributed by atoms with Crippen molar-refractivity contribution in [2.75, 3.05) is 6.54 Å². The van der Waals surface area contributed by atoms with Crippen molar-refractivity contribution < 1.29 is 13.3 Å². The normalized spacial score (nSPS) is 16.2. The lowest BCUT2D eigenvalue weighted by atomic mass is 9.64. The first-order valence-electron chi connectivity index (χ1n) is 8.14. The maximum atomic E-state index is 12.6. The molecule has 0 saturated heterocycles. The first kappa shape index (κ1) is 17.6. The molecule has 6 nitrogen and oxygen atoms in total. The molecule has 25 heavy (non-hydrogen) atoms. The number of sulfonamides is 1. The zero-order valence-corrected chi connectivity index (χ0v) is 14.8. The Hall–Kier alpha value is -2.25. The fourth-order valence-electron chi connectivity index (χ4n) is 3.23. The Bertz CT molecular complexity index is 891. The zero-order chi connectivity index (χ0) is 18.1. The topological polar surface area (TPSA) is 89.3 Å². The van der Waals surface area contributed by atoms with Gasteiger partial charge in [0.2, 0.25) is 10.0 Å². The van der Waals surface area contributed by atoms with E-state index < -0.39 is 14.9 Å². The highest BCUT2D eigenvalue weighted by molar-refractivity contribution is 7.89. The predicted molar refractivity (Wildman–Crippen MR) is 95.0 cm³/mol. The molecule has 0 atom stereocenters. The lowest BCUT2D eigenvalue weighted by Crippen LogP contribution is -2.45. The molecule has 1 aliphatic rings. The number of hydrogen-bond acceptors (Lipinski definition) is 4. The maximum Gasteiger partial charge on any atom is 0.273 e. The lowest BCUT2D eigenvalue weighted by Gasteiger charge is -2.42. The van der Waals surface area contributed by atoms with Crippen molar-refractivity contribution in [3.05, 3.63) is 69.8 Å². The highest BCUT2D eigenvalue weighted by Crippen LogP contribution is 2.43. The van der Waals surface area contributed by atoms with Gasteiger partial charge >= 0.3 is 0 Å². The molecule has 1 aliphatic carbocycles. The SMILES string of the molecule is Cc1ccc(S(=O)(=O)NCC2(c3ccccc3)CCC2)cc1[N+](=O)[O-]. The van der Waals surface area contributed by atoms with E-state index in [0.29, 0.717) is 12.1 Å². The number of nitrogens with one attached hydrogen (secondary N) is 1. The average Bonchev–Trinajstić information content (AvgIpc) is 2.54. The van der Waals surface area contributed by atoms with Gasteiger partial charge in [0.25, 0.3) is 5.69 Å². The van der Waals surface area contributed by atoms with E-state index in [4.69, 9.17) is 0 Å². The molecule has 0 spiro atoms. The summed E-state index contributed by atoms with van der Waals surface area (Å²) in [7, 11) is -3.80. The lowest BCUT2D eigenvalue weighted by molar-refractivity contribution is -0.385. The Morgan fingerprint density at radius 2 is 1.84 bits per heavy atom. The van der Waals surface area contributed by atoms with Gasteiger partial charge in [-0.3, -0.25) is 10.1 Å². The van der Waals surface area contributed by atoms with Crippen molar-refractivity contribution in [2.24, 2.45) is 0 Å². The highest BCUT2D eigenvalue weighted by atomic mass is 32.2. The van der Waals surface area contributed by atoms with Gasteiger partial charge in [-0.05, 0) is 31.4 Å². The molecule has 1 N–H and O–H groups in total. The van der Waals surface area contributed by atoms with Crippen molar-refractivity contribution in [2.45, 2.75) is 36.5 Å². The van der Waals surface area contributed by atoms with E-state index in [2.05, 4.69) is 4.72 Å². The van der Waals surface area contributed by atoms with E-state index in [1.807, 2.05) is 30.3 Å². The summed E-state index contributed by atoms with van der Waals surface area (Å²) in [5.74, 6) is 0. The standard InChI is InChI=1S/C18H20N2O4S/c1-14-8-9-16(12-17(14)20(21)22)25(23,24)19-13-18(10-5-11-18)15-6-3-2-4-7-15/h2-4,6-9,12,19H,5,10-11,13H2,1H3. The van der Waals surface area contributed by atoms with Crippen LogP contribution in [0.3, 0.4) is 0 Å². The largest absolute Gasteiger partial charge is 0.273 e. The molecular weight excluding hydrogens is 340 g/mol. The van der Waals surface area contributed by atoms with E-state index in [1.54, 1.807) is 6.92 Å². The minimum Gasteiger partial charge on any atom is -0.258 e. The maximum absolute atomic E-state index is 12.6. The third kappa shape index (κ3) is 3.43. The van der Waals surface area contributed by atoms with Gasteiger partial charge in [0.15, 0.2) is 0 Å². The summed E-state index contributed by atoms with van der Waals surface area (Å²) in [6.45, 7) is 1.88. The Morgan fingerprint density at radius 3 is 2.40 bits per heavy atom. The highest BCUT2D eigenvalue weighted by Gasteiger charge is 2.39. The van der Waals surface area contributed by atoms with Crippen LogP contribution in [-0.2, 0) is 15.4 Å². The molecule has 2 aromatic carbocycles. The van der Waals surface area contributed by atoms with Crippen molar-refractivity contribution >= 4 is 15.7 Å². The molecule has 0 heterocycles. The fraction of sp³-hybridized carbons (Fsp3) is 0.333. The molecule has 0 amide bonds. The molecule has 0 aliphatic heterocycles. The van der Waals surface area contributed by atoms with Crippen LogP contribution < -0.4 is 4.72 Å². The molecule has 2 aromatic rings. The quantitative estimate of drug-likeness (QED) is 0.632. The molecule has 0 aromatic heterocycles. The molecule has 0 unspecified atom stereocenters. The Labute approximate surface area is 147 Å². The van der Waals surface area contributed by atoms with Gasteiger partial charge in [-0.1, -0.05) is 42.8 Å². The second-order valence-electron chi connectivity index (χ2n) is 6.53. The molecule has 3 rings (SSSR count). The molecular formula is C18H20N2O4S. The fourth-order valence-corrected chi connectivity index (χ4v) is 4.38. The minimum atomic E-state index is -3.80. The number of nitro benzene ring substituents is 1. The van der Waals surface area contributed by atoms with Gasteiger partial charge in [-0.2, -0.15) is 0 Å². The van der Waals surface area contributed by atoms with E-state index in [-0.39, 0.29) is 16.0 Å². The van der Waals surface area contributed by atoms with Crippen molar-refractivity contribution in [3.63, 3.8) is 0 Å². The van der Waals surface area contributed by atoms with Crippen molar-refractivity contribution in [3.8, 4) is 0 Å². The average molecular weight is 360 g/mol. The van der Waals surface area contributed by atoms with E-state index >= 15 is 0 Å². The second kappa shape index (κ2) is 6.57. The third-order valence-electron chi connectivity index (χ3n) is 4.98. The number of nitrogens with zero attached hydrogens (tertiary/aromatic N) is 1. The summed E-state index contributed by atoms with van der Waals surface area (Å²) in [5.41, 5.74) is 1.18. The van der Waals surface area contributed by atoms with E-state index in [9.17, 15) is 18.5 Å². The van der Waals surface area contributed by atoms with Gasteiger partial charge in [0.05, 0.1) is 9.82 Å². The number of aryl methyl sites for hydroxylation is 1. The van der Waals surface area contributed by atoms with Gasteiger partial charge in [0.1, 0.15) is 0 Å². The Balaban J connectivity index is 1.83. The van der Waals surface area contributed by atoms with Gasteiger partial charge in [0, 0.05) is 23.6 Å². The molecule has 1 fully saturated rings. The van der Waals surface area contributed by atoms with Crippen LogP contribution in [-0.4, -0.2) is 19.9 Å². The smallest absolute Gasteiger partial charge is 0.258 e. The minimum absolute atomic E-state index is 0.0765. The van der Waals surface area contributed by atoms with Crippen LogP contribution in [0.1, 0.15) is 30.4 Å². The molecule has 1 saturated carbocycles. The number of hydrogen-bond donors (Lipinski definition) is 1. The van der Waals surface area contributed by atoms with E-state index in [1.165, 1.54) is 12.1 Å². The monoisotopic (exact) mass is 360 g/mol. The van der Waals surface area contributed by atoms with Crippen molar-refractivity contribution in [1.82, 2.24) is 4.72 Å². The van der Waals surface area contributed by atoms with Crippen LogP contribution in [0.2, 0.25) is 0 Å². The first-order valence-corrected chi connectivity index (χ1v) is 9.63. The first-order chi connectivity index (χ1) is 11.8. The Kier molecular flexibility index (Phi) is 4.62. The molecule has 132 valence electrons. The van der Waals surface area contributed by atoms with E-state index in [0.717, 1.165) is 30.9 Å². The predicted octanol–water partition coefficient (Wildman–Crippen LogP) is 3.30. The second-order valence-corrected chi connectivity index (χ2v) is 8.30. The van der Waals surface area contributed by atoms with Crippen LogP contribution in [0, 0.1) is 17.0 Å². The summed E-state index contributed by atoms with van der Waals surface area (Å²) in [6, 6.07) is 13.9. The molecule has 0 bridgehead atoms. The summed E-state index contributed by atoms with van der Waals surface area (Å²) >= 11 is 0. The Morgan fingerprint density at radius 1 is 1.16 bits per heavy atom. The van der Waals surface area contributed by atoms with Crippen molar-refractivity contribution in [1.29, 1.82) is 0 Å². The van der Waals surface area contributed by atoms with Crippen LogP contribution in [0.5, 0.6) is 0 Å². The summed E-state index contributed by atoms with van der Waals surface area (Å²) in [6.07, 6.45) is 2.91. The number of benzene rings is 2. The summed E-state index contributed by atoms with van der Waals surface area (Å²) < 4.78 is 27.9. The van der Waals surface area contributed by atoms with Gasteiger partial charge in [-0.15, -0.1) is 0 Å². The van der Waals surface area contributed by atoms with Crippen LogP contribution >= 0.6 is 0 Å². The van der Waals surface area contributed by atoms with Crippen LogP contribution in [0.25, 0.3) is 0 Å². The van der Waals surface area contributed by atoms with Crippen LogP contribution in [0.4, 0.5) is 5.69 Å². The number of nitro groups is 1. The molecule has 7 heteroatoms. The van der Waals surface area contributed by atoms with Gasteiger partial charge in [-0.25, -0.2) is 13.1 Å². The van der Waals surface area contributed by atoms with Crippen LogP contribution in [0.15, 0.2) is 53.4 Å². The zero-order valence-electron chi connectivity index (χ0n) is 13.9.